The molecule has 29 heavy (non-hydrogen) atoms. The van der Waals surface area contributed by atoms with Gasteiger partial charge in [0, 0.05) is 18.9 Å². The number of benzene rings is 1. The largest absolute Gasteiger partial charge is 0.445 e. The zero-order valence-electron chi connectivity index (χ0n) is 17.1. The third-order valence-corrected chi connectivity index (χ3v) is 5.46. The Morgan fingerprint density at radius 2 is 1.72 bits per heavy atom. The van der Waals surface area contributed by atoms with Crippen molar-refractivity contribution in [3.8, 4) is 0 Å². The molecule has 0 N–H and O–H groups in total. The summed E-state index contributed by atoms with van der Waals surface area (Å²) >= 11 is 0. The molecule has 2 atom stereocenters. The van der Waals surface area contributed by atoms with Crippen LogP contribution in [0.2, 0.25) is 0 Å². The lowest BCUT2D eigenvalue weighted by atomic mass is 9.82. The van der Waals surface area contributed by atoms with Crippen LogP contribution in [0.5, 0.6) is 0 Å². The summed E-state index contributed by atoms with van der Waals surface area (Å²) < 4.78 is 21.9. The van der Waals surface area contributed by atoms with Crippen molar-refractivity contribution in [2.24, 2.45) is 5.92 Å². The van der Waals surface area contributed by atoms with E-state index in [1.54, 1.807) is 4.90 Å². The summed E-state index contributed by atoms with van der Waals surface area (Å²) in [6, 6.07) is 9.40. The number of morpholine rings is 1. The number of fused-ring (bicyclic) bond motifs is 2. The first-order valence-electron chi connectivity index (χ1n) is 10.4. The molecule has 2 unspecified atom stereocenters. The molecule has 2 heterocycles. The molecule has 2 aliphatic rings. The Morgan fingerprint density at radius 3 is 2.41 bits per heavy atom. The molecular weight excluding hydrogens is 374 g/mol. The highest BCUT2D eigenvalue weighted by Crippen LogP contribution is 2.33. The first-order valence-corrected chi connectivity index (χ1v) is 10.4. The highest BCUT2D eigenvalue weighted by molar-refractivity contribution is 5.81. The van der Waals surface area contributed by atoms with Crippen LogP contribution in [0.25, 0.3) is 0 Å². The van der Waals surface area contributed by atoms with Crippen LogP contribution >= 0.6 is 0 Å². The maximum absolute atomic E-state index is 12.7. The molecule has 0 spiro atoms. The summed E-state index contributed by atoms with van der Waals surface area (Å²) in [7, 11) is 0. The molecule has 0 aliphatic carbocycles. The van der Waals surface area contributed by atoms with Gasteiger partial charge in [0.2, 0.25) is 0 Å². The van der Waals surface area contributed by atoms with Crippen LogP contribution in [0.1, 0.15) is 31.7 Å². The number of amides is 1. The summed E-state index contributed by atoms with van der Waals surface area (Å²) in [6.07, 6.45) is 1.32. The number of rotatable bonds is 10. The molecular formula is C22H31NO6. The second kappa shape index (κ2) is 11.3. The normalized spacial score (nSPS) is 23.6. The Bertz CT molecular complexity index is 638. The van der Waals surface area contributed by atoms with Crippen LogP contribution < -0.4 is 0 Å². The van der Waals surface area contributed by atoms with Crippen molar-refractivity contribution in [1.82, 2.24) is 4.90 Å². The van der Waals surface area contributed by atoms with Gasteiger partial charge in [0.05, 0.1) is 45.1 Å². The van der Waals surface area contributed by atoms with Crippen molar-refractivity contribution in [3.63, 3.8) is 0 Å². The number of piperidine rings is 1. The number of ketones is 1. The summed E-state index contributed by atoms with van der Waals surface area (Å²) in [5.74, 6) is 0.151. The lowest BCUT2D eigenvalue weighted by Gasteiger charge is -2.47. The summed E-state index contributed by atoms with van der Waals surface area (Å²) in [5.41, 5.74) is 0.955. The van der Waals surface area contributed by atoms with Gasteiger partial charge in [-0.2, -0.15) is 0 Å². The second-order valence-electron chi connectivity index (χ2n) is 7.49. The van der Waals surface area contributed by atoms with Crippen molar-refractivity contribution in [3.05, 3.63) is 35.9 Å². The fraction of sp³-hybridized carbons (Fsp3) is 0.636. The molecule has 2 fully saturated rings. The second-order valence-corrected chi connectivity index (χ2v) is 7.49. The minimum atomic E-state index is -0.322. The van der Waals surface area contributed by atoms with Crippen LogP contribution in [0.3, 0.4) is 0 Å². The molecule has 1 amide bonds. The van der Waals surface area contributed by atoms with E-state index in [4.69, 9.17) is 18.9 Å². The zero-order valence-corrected chi connectivity index (χ0v) is 17.1. The smallest absolute Gasteiger partial charge is 0.410 e. The third-order valence-electron chi connectivity index (χ3n) is 5.46. The topological polar surface area (TPSA) is 74.3 Å². The summed E-state index contributed by atoms with van der Waals surface area (Å²) in [6.45, 7) is 5.22. The van der Waals surface area contributed by atoms with Gasteiger partial charge in [-0.1, -0.05) is 30.3 Å². The van der Waals surface area contributed by atoms with Gasteiger partial charge in [0.25, 0.3) is 0 Å². The van der Waals surface area contributed by atoms with Crippen LogP contribution in [0.15, 0.2) is 30.3 Å². The van der Waals surface area contributed by atoms with Crippen LogP contribution in [-0.4, -0.2) is 68.5 Å². The van der Waals surface area contributed by atoms with E-state index >= 15 is 0 Å². The first-order chi connectivity index (χ1) is 14.2. The molecule has 160 valence electrons. The maximum atomic E-state index is 12.7. The average molecular weight is 405 g/mol. The molecule has 3 rings (SSSR count). The molecule has 0 saturated carbocycles. The molecule has 2 bridgehead atoms. The highest BCUT2D eigenvalue weighted by Gasteiger charge is 2.44. The molecule has 1 aromatic carbocycles. The third kappa shape index (κ3) is 6.26. The Hall–Kier alpha value is -1.96. The summed E-state index contributed by atoms with van der Waals surface area (Å²) in [5, 5.41) is 0. The van der Waals surface area contributed by atoms with E-state index in [1.165, 1.54) is 0 Å². The standard InChI is InChI=1S/C22H31NO6/c1-2-26-10-11-27-9-8-21(24)18-12-19-15-28-16-20(13-18)23(19)22(25)29-14-17-6-4-3-5-7-17/h3-7,18-20H,2,8-16H2,1H3. The van der Waals surface area contributed by atoms with Gasteiger partial charge >= 0.3 is 6.09 Å². The molecule has 0 radical (unpaired) electrons. The average Bonchev–Trinajstić information content (AvgIpc) is 2.74. The van der Waals surface area contributed by atoms with E-state index in [2.05, 4.69) is 0 Å². The Morgan fingerprint density at radius 1 is 1.03 bits per heavy atom. The lowest BCUT2D eigenvalue weighted by Crippen LogP contribution is -2.60. The molecule has 2 saturated heterocycles. The zero-order chi connectivity index (χ0) is 20.5. The number of carbonyl (C=O) groups is 2. The van der Waals surface area contributed by atoms with Gasteiger partial charge in [-0.05, 0) is 25.3 Å². The SMILES string of the molecule is CCOCCOCCC(=O)C1CC2COCC(C1)N2C(=O)OCc1ccccc1. The van der Waals surface area contributed by atoms with Crippen molar-refractivity contribution in [2.45, 2.75) is 44.9 Å². The Kier molecular flexibility index (Phi) is 8.46. The van der Waals surface area contributed by atoms with Gasteiger partial charge in [0.1, 0.15) is 12.4 Å². The quantitative estimate of drug-likeness (QED) is 0.557. The molecule has 7 nitrogen and oxygen atoms in total. The maximum Gasteiger partial charge on any atom is 0.410 e. The van der Waals surface area contributed by atoms with Crippen molar-refractivity contribution in [2.75, 3.05) is 39.6 Å². The van der Waals surface area contributed by atoms with Gasteiger partial charge in [-0.3, -0.25) is 9.69 Å². The predicted molar refractivity (Wildman–Crippen MR) is 107 cm³/mol. The van der Waals surface area contributed by atoms with E-state index < -0.39 is 0 Å². The first kappa shape index (κ1) is 21.7. The minimum absolute atomic E-state index is 0.0532. The van der Waals surface area contributed by atoms with E-state index in [9.17, 15) is 9.59 Å². The van der Waals surface area contributed by atoms with Gasteiger partial charge in [-0.15, -0.1) is 0 Å². The highest BCUT2D eigenvalue weighted by atomic mass is 16.6. The van der Waals surface area contributed by atoms with E-state index in [0.717, 1.165) is 5.56 Å². The monoisotopic (exact) mass is 405 g/mol. The van der Waals surface area contributed by atoms with Crippen LogP contribution in [-0.2, 0) is 30.3 Å². The van der Waals surface area contributed by atoms with Crippen molar-refractivity contribution in [1.29, 1.82) is 0 Å². The van der Waals surface area contributed by atoms with Crippen molar-refractivity contribution >= 4 is 11.9 Å². The van der Waals surface area contributed by atoms with E-state index in [1.807, 2.05) is 37.3 Å². The molecule has 2 aliphatic heterocycles. The summed E-state index contributed by atoms with van der Waals surface area (Å²) in [4.78, 5) is 27.1. The number of nitrogens with zero attached hydrogens (tertiary/aromatic N) is 1. The van der Waals surface area contributed by atoms with Gasteiger partial charge in [0.15, 0.2) is 0 Å². The van der Waals surface area contributed by atoms with Gasteiger partial charge < -0.3 is 18.9 Å². The fourth-order valence-corrected chi connectivity index (χ4v) is 4.01. The Balaban J connectivity index is 1.46. The number of hydrogen-bond donors (Lipinski definition) is 0. The molecule has 1 aromatic rings. The van der Waals surface area contributed by atoms with Gasteiger partial charge in [-0.25, -0.2) is 4.79 Å². The Labute approximate surface area is 172 Å². The number of hydrogen-bond acceptors (Lipinski definition) is 6. The number of ether oxygens (including phenoxy) is 4. The fourth-order valence-electron chi connectivity index (χ4n) is 4.01. The minimum Gasteiger partial charge on any atom is -0.445 e. The number of carbonyl (C=O) groups excluding carboxylic acids is 2. The lowest BCUT2D eigenvalue weighted by molar-refractivity contribution is -0.132. The van der Waals surface area contributed by atoms with Crippen molar-refractivity contribution < 1.29 is 28.5 Å². The van der Waals surface area contributed by atoms with E-state index in [0.29, 0.717) is 58.9 Å². The van der Waals surface area contributed by atoms with Crippen LogP contribution in [0, 0.1) is 5.92 Å². The predicted octanol–water partition coefficient (Wildman–Crippen LogP) is 2.81. The number of Topliss-reactive ketones (excluding diaryl/α,β-unsaturated/α-hetero) is 1. The molecule has 7 heteroatoms. The van der Waals surface area contributed by atoms with E-state index in [-0.39, 0.29) is 36.5 Å². The van der Waals surface area contributed by atoms with Crippen LogP contribution in [0.4, 0.5) is 4.79 Å². The molecule has 0 aromatic heterocycles.